The maximum absolute atomic E-state index is 13.1. The monoisotopic (exact) mass is 358 g/mol. The van der Waals surface area contributed by atoms with Crippen molar-refractivity contribution in [3.05, 3.63) is 64.4 Å². The number of aryl methyl sites for hydroxylation is 1. The van der Waals surface area contributed by atoms with Gasteiger partial charge in [0.1, 0.15) is 17.4 Å². The van der Waals surface area contributed by atoms with Crippen molar-refractivity contribution in [3.8, 4) is 0 Å². The first kappa shape index (κ1) is 15.8. The zero-order valence-corrected chi connectivity index (χ0v) is 13.8. The van der Waals surface area contributed by atoms with Crippen LogP contribution in [0.1, 0.15) is 11.1 Å². The average molecular weight is 359 g/mol. The van der Waals surface area contributed by atoms with E-state index in [1.807, 2.05) is 0 Å². The first-order chi connectivity index (χ1) is 12.0. The number of carbonyl (C=O) groups is 2. The molecular formula is C18H12ClFN2O3. The Balaban J connectivity index is 1.73. The molecule has 7 heteroatoms. The van der Waals surface area contributed by atoms with Crippen LogP contribution in [0.5, 0.6) is 0 Å². The number of amides is 2. The van der Waals surface area contributed by atoms with Crippen LogP contribution < -0.4 is 4.90 Å². The van der Waals surface area contributed by atoms with Crippen LogP contribution in [0, 0.1) is 18.7 Å². The molecule has 25 heavy (non-hydrogen) atoms. The molecule has 2 aromatic carbocycles. The van der Waals surface area contributed by atoms with Gasteiger partial charge in [0.15, 0.2) is 0 Å². The summed E-state index contributed by atoms with van der Waals surface area (Å²) in [5, 5.41) is 4.31. The van der Waals surface area contributed by atoms with E-state index in [9.17, 15) is 14.0 Å². The summed E-state index contributed by atoms with van der Waals surface area (Å²) in [6.45, 7) is 1.79. The van der Waals surface area contributed by atoms with Crippen molar-refractivity contribution in [2.45, 2.75) is 13.0 Å². The summed E-state index contributed by atoms with van der Waals surface area (Å²) in [6.07, 6.45) is -1.01. The van der Waals surface area contributed by atoms with Crippen molar-refractivity contribution in [3.63, 3.8) is 0 Å². The van der Waals surface area contributed by atoms with Gasteiger partial charge in [0.2, 0.25) is 12.0 Å². The fourth-order valence-corrected chi connectivity index (χ4v) is 3.26. The zero-order chi connectivity index (χ0) is 17.7. The number of nitrogens with zero attached hydrogens (tertiary/aromatic N) is 2. The molecule has 5 nitrogen and oxygen atoms in total. The van der Waals surface area contributed by atoms with E-state index >= 15 is 0 Å². The first-order valence-corrected chi connectivity index (χ1v) is 7.99. The van der Waals surface area contributed by atoms with Gasteiger partial charge in [0, 0.05) is 10.6 Å². The molecule has 0 unspecified atom stereocenters. The van der Waals surface area contributed by atoms with Gasteiger partial charge in [0.05, 0.1) is 5.69 Å². The van der Waals surface area contributed by atoms with Crippen molar-refractivity contribution >= 4 is 34.8 Å². The number of halogens is 2. The highest BCUT2D eigenvalue weighted by Crippen LogP contribution is 2.37. The highest BCUT2D eigenvalue weighted by Gasteiger charge is 2.56. The number of fused-ring (bicyclic) bond motifs is 1. The zero-order valence-electron chi connectivity index (χ0n) is 13.1. The van der Waals surface area contributed by atoms with Gasteiger partial charge in [-0.1, -0.05) is 35.0 Å². The van der Waals surface area contributed by atoms with Gasteiger partial charge < -0.3 is 4.84 Å². The third-order valence-corrected chi connectivity index (χ3v) is 4.60. The molecule has 2 amide bonds. The summed E-state index contributed by atoms with van der Waals surface area (Å²) in [7, 11) is 0. The Kier molecular flexibility index (Phi) is 3.58. The Bertz CT molecular complexity index is 926. The van der Waals surface area contributed by atoms with E-state index in [4.69, 9.17) is 16.4 Å². The molecule has 0 radical (unpaired) electrons. The third kappa shape index (κ3) is 2.41. The van der Waals surface area contributed by atoms with Gasteiger partial charge in [0.25, 0.3) is 5.91 Å². The Labute approximate surface area is 147 Å². The molecule has 1 fully saturated rings. The summed E-state index contributed by atoms with van der Waals surface area (Å²) in [5.74, 6) is -2.16. The number of oxime groups is 1. The van der Waals surface area contributed by atoms with E-state index in [-0.39, 0.29) is 0 Å². The molecule has 0 saturated carbocycles. The molecule has 2 aliphatic rings. The lowest BCUT2D eigenvalue weighted by molar-refractivity contribution is -0.126. The Morgan fingerprint density at radius 2 is 1.84 bits per heavy atom. The average Bonchev–Trinajstić information content (AvgIpc) is 3.12. The number of rotatable bonds is 2. The fraction of sp³-hybridized carbons (Fsp3) is 0.167. The number of carbonyl (C=O) groups excluding carboxylic acids is 2. The molecule has 0 bridgehead atoms. The lowest BCUT2D eigenvalue weighted by atomic mass is 9.94. The number of imide groups is 1. The second-order valence-corrected chi connectivity index (χ2v) is 6.37. The van der Waals surface area contributed by atoms with E-state index in [0.717, 1.165) is 10.5 Å². The van der Waals surface area contributed by atoms with Gasteiger partial charge in [-0.2, -0.15) is 0 Å². The standard InChI is InChI=1S/C18H12ClFN2O3/c1-9-2-5-11(19)8-13(9)22-17(23)14-15(21-25-16(14)18(22)24)10-3-6-12(20)7-4-10/h2-8,14,16H,1H3/t14-,16+/m1/s1. The fourth-order valence-electron chi connectivity index (χ4n) is 3.10. The smallest absolute Gasteiger partial charge is 0.278 e. The summed E-state index contributed by atoms with van der Waals surface area (Å²) in [6, 6.07) is 10.5. The molecule has 2 aliphatic heterocycles. The van der Waals surface area contributed by atoms with E-state index in [2.05, 4.69) is 5.16 Å². The van der Waals surface area contributed by atoms with Crippen molar-refractivity contribution in [2.24, 2.45) is 11.1 Å². The minimum Gasteiger partial charge on any atom is -0.381 e. The van der Waals surface area contributed by atoms with Crippen LogP contribution in [0.4, 0.5) is 10.1 Å². The minimum atomic E-state index is -1.01. The van der Waals surface area contributed by atoms with Crippen molar-refractivity contribution in [1.82, 2.24) is 0 Å². The van der Waals surface area contributed by atoms with Gasteiger partial charge in [-0.15, -0.1) is 0 Å². The van der Waals surface area contributed by atoms with E-state index < -0.39 is 29.7 Å². The van der Waals surface area contributed by atoms with Crippen LogP contribution in [-0.2, 0) is 14.4 Å². The van der Waals surface area contributed by atoms with Gasteiger partial charge in [-0.25, -0.2) is 9.29 Å². The molecular weight excluding hydrogens is 347 g/mol. The molecule has 0 N–H and O–H groups in total. The highest BCUT2D eigenvalue weighted by molar-refractivity contribution is 6.34. The quantitative estimate of drug-likeness (QED) is 0.775. The van der Waals surface area contributed by atoms with Crippen molar-refractivity contribution < 1.29 is 18.8 Å². The maximum Gasteiger partial charge on any atom is 0.278 e. The van der Waals surface area contributed by atoms with Crippen molar-refractivity contribution in [1.29, 1.82) is 0 Å². The normalized spacial score (nSPS) is 22.0. The second kappa shape index (κ2) is 5.67. The molecule has 2 atom stereocenters. The van der Waals surface area contributed by atoms with Crippen molar-refractivity contribution in [2.75, 3.05) is 4.90 Å². The van der Waals surface area contributed by atoms with E-state index in [1.165, 1.54) is 24.3 Å². The number of benzene rings is 2. The number of hydrogen-bond acceptors (Lipinski definition) is 4. The van der Waals surface area contributed by atoms with Gasteiger partial charge in [-0.05, 0) is 36.8 Å². The summed E-state index contributed by atoms with van der Waals surface area (Å²) in [5.41, 5.74) is 2.04. The van der Waals surface area contributed by atoms with Gasteiger partial charge >= 0.3 is 0 Å². The van der Waals surface area contributed by atoms with E-state index in [0.29, 0.717) is 22.0 Å². The number of anilines is 1. The molecule has 126 valence electrons. The summed E-state index contributed by atoms with van der Waals surface area (Å²) < 4.78 is 13.1. The Morgan fingerprint density at radius 3 is 2.56 bits per heavy atom. The molecule has 0 aromatic heterocycles. The molecule has 0 spiro atoms. The molecule has 4 rings (SSSR count). The Morgan fingerprint density at radius 1 is 1.12 bits per heavy atom. The van der Waals surface area contributed by atoms with Crippen LogP contribution in [-0.4, -0.2) is 23.6 Å². The summed E-state index contributed by atoms with van der Waals surface area (Å²) >= 11 is 6.01. The minimum absolute atomic E-state index is 0.325. The largest absolute Gasteiger partial charge is 0.381 e. The lowest BCUT2D eigenvalue weighted by Crippen LogP contribution is -2.33. The van der Waals surface area contributed by atoms with Crippen LogP contribution in [0.25, 0.3) is 0 Å². The molecule has 2 aromatic rings. The van der Waals surface area contributed by atoms with Crippen LogP contribution in [0.15, 0.2) is 47.6 Å². The third-order valence-electron chi connectivity index (χ3n) is 4.36. The number of hydrogen-bond donors (Lipinski definition) is 0. The van der Waals surface area contributed by atoms with E-state index in [1.54, 1.807) is 25.1 Å². The lowest BCUT2D eigenvalue weighted by Gasteiger charge is -2.18. The van der Waals surface area contributed by atoms with Crippen LogP contribution >= 0.6 is 11.6 Å². The molecule has 2 heterocycles. The maximum atomic E-state index is 13.1. The Hall–Kier alpha value is -2.73. The predicted molar refractivity (Wildman–Crippen MR) is 90.0 cm³/mol. The van der Waals surface area contributed by atoms with Gasteiger partial charge in [-0.3, -0.25) is 9.59 Å². The highest BCUT2D eigenvalue weighted by atomic mass is 35.5. The topological polar surface area (TPSA) is 59.0 Å². The summed E-state index contributed by atoms with van der Waals surface area (Å²) in [4.78, 5) is 32.0. The first-order valence-electron chi connectivity index (χ1n) is 7.61. The molecule has 1 saturated heterocycles. The second-order valence-electron chi connectivity index (χ2n) is 5.93. The van der Waals surface area contributed by atoms with Crippen LogP contribution in [0.2, 0.25) is 5.02 Å². The molecule has 0 aliphatic carbocycles. The van der Waals surface area contributed by atoms with Crippen LogP contribution in [0.3, 0.4) is 0 Å². The SMILES string of the molecule is Cc1ccc(Cl)cc1N1C(=O)[C@@H]2C(c3ccc(F)cc3)=NO[C@@H]2C1=O. The predicted octanol–water partition coefficient (Wildman–Crippen LogP) is 3.08.